The van der Waals surface area contributed by atoms with Crippen molar-refractivity contribution in [2.45, 2.75) is 18.5 Å². The number of likely N-dealkylation sites (N-methyl/N-ethyl adjacent to an activating group) is 3. The second-order valence-corrected chi connectivity index (χ2v) is 5.57. The van der Waals surface area contributed by atoms with Gasteiger partial charge in [0.25, 0.3) is 0 Å². The molecule has 1 fully saturated rings. The number of hydrogen-bond donors (Lipinski definition) is 1. The summed E-state index contributed by atoms with van der Waals surface area (Å²) in [5.74, 6) is -0.964. The first-order chi connectivity index (χ1) is 9.54. The highest BCUT2D eigenvalue weighted by molar-refractivity contribution is 5.25. The van der Waals surface area contributed by atoms with Crippen LogP contribution in [-0.2, 0) is 0 Å². The van der Waals surface area contributed by atoms with Crippen LogP contribution in [-0.4, -0.2) is 56.6 Å². The third kappa shape index (κ3) is 3.16. The van der Waals surface area contributed by atoms with Crippen molar-refractivity contribution in [2.75, 3.05) is 40.8 Å². The molecule has 2 atom stereocenters. The van der Waals surface area contributed by atoms with Crippen LogP contribution < -0.4 is 5.32 Å². The van der Waals surface area contributed by atoms with Gasteiger partial charge in [-0.3, -0.25) is 0 Å². The summed E-state index contributed by atoms with van der Waals surface area (Å²) >= 11 is 0. The molecule has 5 heteroatoms. The molecule has 1 heterocycles. The van der Waals surface area contributed by atoms with Crippen LogP contribution in [0.3, 0.4) is 0 Å². The SMILES string of the molecule is CNC(c1c(F)cccc1F)C1CN(C)CCCN1C. The molecule has 20 heavy (non-hydrogen) atoms. The van der Waals surface area contributed by atoms with Crippen LogP contribution in [0.4, 0.5) is 8.78 Å². The number of nitrogens with one attached hydrogen (secondary N) is 1. The van der Waals surface area contributed by atoms with Gasteiger partial charge in [-0.2, -0.15) is 0 Å². The molecule has 2 rings (SSSR count). The summed E-state index contributed by atoms with van der Waals surface area (Å²) < 4.78 is 28.1. The van der Waals surface area contributed by atoms with Gasteiger partial charge in [0.05, 0.1) is 6.04 Å². The molecule has 2 unspecified atom stereocenters. The minimum atomic E-state index is -0.482. The number of benzene rings is 1. The quantitative estimate of drug-likeness (QED) is 0.913. The molecule has 0 spiro atoms. The molecule has 0 radical (unpaired) electrons. The average molecular weight is 283 g/mol. The predicted octanol–water partition coefficient (Wildman–Crippen LogP) is 1.86. The summed E-state index contributed by atoms with van der Waals surface area (Å²) in [6.07, 6.45) is 1.07. The minimum Gasteiger partial charge on any atom is -0.311 e. The lowest BCUT2D eigenvalue weighted by Gasteiger charge is -2.35. The monoisotopic (exact) mass is 283 g/mol. The molecule has 1 saturated heterocycles. The molecule has 112 valence electrons. The third-order valence-corrected chi connectivity index (χ3v) is 4.12. The lowest BCUT2D eigenvalue weighted by Crippen LogP contribution is -2.46. The second kappa shape index (κ2) is 6.61. The maximum atomic E-state index is 14.1. The topological polar surface area (TPSA) is 18.5 Å². The van der Waals surface area contributed by atoms with Crippen molar-refractivity contribution >= 4 is 0 Å². The Morgan fingerprint density at radius 3 is 2.45 bits per heavy atom. The van der Waals surface area contributed by atoms with Crippen molar-refractivity contribution in [1.29, 1.82) is 0 Å². The largest absolute Gasteiger partial charge is 0.311 e. The Morgan fingerprint density at radius 1 is 1.20 bits per heavy atom. The Kier molecular flexibility index (Phi) is 5.07. The van der Waals surface area contributed by atoms with E-state index in [4.69, 9.17) is 0 Å². The molecule has 1 aliphatic rings. The fourth-order valence-electron chi connectivity index (χ4n) is 3.00. The Balaban J connectivity index is 2.35. The molecule has 1 aromatic carbocycles. The summed E-state index contributed by atoms with van der Waals surface area (Å²) in [5, 5.41) is 3.10. The molecule has 1 aromatic rings. The zero-order valence-corrected chi connectivity index (χ0v) is 12.4. The van der Waals surface area contributed by atoms with Crippen LogP contribution in [0.1, 0.15) is 18.0 Å². The van der Waals surface area contributed by atoms with Gasteiger partial charge in [0, 0.05) is 18.2 Å². The molecule has 3 nitrogen and oxygen atoms in total. The Hall–Kier alpha value is -1.04. The molecule has 0 amide bonds. The molecule has 1 N–H and O–H groups in total. The van der Waals surface area contributed by atoms with Gasteiger partial charge in [0.1, 0.15) is 11.6 Å². The molecule has 0 saturated carbocycles. The maximum absolute atomic E-state index is 14.1. The van der Waals surface area contributed by atoms with E-state index in [1.165, 1.54) is 18.2 Å². The van der Waals surface area contributed by atoms with Gasteiger partial charge in [-0.15, -0.1) is 0 Å². The normalized spacial score (nSPS) is 23.6. The van der Waals surface area contributed by atoms with Gasteiger partial charge in [-0.1, -0.05) is 6.07 Å². The summed E-state index contributed by atoms with van der Waals surface area (Å²) in [4.78, 5) is 4.41. The molecule has 0 aromatic heterocycles. The van der Waals surface area contributed by atoms with Crippen molar-refractivity contribution in [3.05, 3.63) is 35.4 Å². The standard InChI is InChI=1S/C15H23F2N3/c1-18-15(14-11(16)6-4-7-12(14)17)13-10-19(2)8-5-9-20(13)3/h4,6-7,13,15,18H,5,8-10H2,1-3H3. The van der Waals surface area contributed by atoms with Gasteiger partial charge in [-0.25, -0.2) is 8.78 Å². The Labute approximate surface area is 119 Å². The highest BCUT2D eigenvalue weighted by Crippen LogP contribution is 2.27. The molecule has 0 aliphatic carbocycles. The Bertz CT molecular complexity index is 432. The van der Waals surface area contributed by atoms with E-state index in [1.807, 2.05) is 7.05 Å². The highest BCUT2D eigenvalue weighted by atomic mass is 19.1. The van der Waals surface area contributed by atoms with Crippen LogP contribution in [0.25, 0.3) is 0 Å². The fraction of sp³-hybridized carbons (Fsp3) is 0.600. The zero-order chi connectivity index (χ0) is 14.7. The van der Waals surface area contributed by atoms with E-state index in [9.17, 15) is 8.78 Å². The summed E-state index contributed by atoms with van der Waals surface area (Å²) in [6.45, 7) is 2.73. The van der Waals surface area contributed by atoms with Crippen molar-refractivity contribution < 1.29 is 8.78 Å². The molecular weight excluding hydrogens is 260 g/mol. The molecule has 0 bridgehead atoms. The van der Waals surface area contributed by atoms with Crippen LogP contribution in [0.15, 0.2) is 18.2 Å². The molecular formula is C15H23F2N3. The van der Waals surface area contributed by atoms with E-state index in [-0.39, 0.29) is 17.6 Å². The number of halogens is 2. The fourth-order valence-corrected chi connectivity index (χ4v) is 3.00. The van der Waals surface area contributed by atoms with Crippen molar-refractivity contribution in [3.8, 4) is 0 Å². The summed E-state index contributed by atoms with van der Waals surface area (Å²) in [7, 11) is 5.83. The van der Waals surface area contributed by atoms with Crippen LogP contribution in [0.5, 0.6) is 0 Å². The molecule has 1 aliphatic heterocycles. The summed E-state index contributed by atoms with van der Waals surface area (Å²) in [5.41, 5.74) is 0.141. The number of hydrogen-bond acceptors (Lipinski definition) is 3. The first kappa shape index (κ1) is 15.4. The van der Waals surface area contributed by atoms with Crippen LogP contribution in [0, 0.1) is 11.6 Å². The van der Waals surface area contributed by atoms with E-state index in [0.29, 0.717) is 0 Å². The van der Waals surface area contributed by atoms with Crippen molar-refractivity contribution in [1.82, 2.24) is 15.1 Å². The predicted molar refractivity (Wildman–Crippen MR) is 76.7 cm³/mol. The summed E-state index contributed by atoms with van der Waals surface area (Å²) in [6, 6.07) is 3.73. The van der Waals surface area contributed by atoms with Crippen LogP contribution >= 0.6 is 0 Å². The minimum absolute atomic E-state index is 0.0406. The van der Waals surface area contributed by atoms with E-state index in [1.54, 1.807) is 7.05 Å². The maximum Gasteiger partial charge on any atom is 0.130 e. The third-order valence-electron chi connectivity index (χ3n) is 4.12. The smallest absolute Gasteiger partial charge is 0.130 e. The van der Waals surface area contributed by atoms with Gasteiger partial charge < -0.3 is 15.1 Å². The first-order valence-corrected chi connectivity index (χ1v) is 7.04. The van der Waals surface area contributed by atoms with E-state index >= 15 is 0 Å². The average Bonchev–Trinajstić information content (AvgIpc) is 2.56. The number of nitrogens with zero attached hydrogens (tertiary/aromatic N) is 2. The van der Waals surface area contributed by atoms with Gasteiger partial charge >= 0.3 is 0 Å². The van der Waals surface area contributed by atoms with Crippen LogP contribution in [0.2, 0.25) is 0 Å². The van der Waals surface area contributed by atoms with Crippen molar-refractivity contribution in [2.24, 2.45) is 0 Å². The Morgan fingerprint density at radius 2 is 1.85 bits per heavy atom. The highest BCUT2D eigenvalue weighted by Gasteiger charge is 2.31. The zero-order valence-electron chi connectivity index (χ0n) is 12.4. The lowest BCUT2D eigenvalue weighted by atomic mass is 9.97. The van der Waals surface area contributed by atoms with Gasteiger partial charge in [0.15, 0.2) is 0 Å². The lowest BCUT2D eigenvalue weighted by molar-refractivity contribution is 0.178. The van der Waals surface area contributed by atoms with Gasteiger partial charge in [-0.05, 0) is 52.8 Å². The van der Waals surface area contributed by atoms with Crippen molar-refractivity contribution in [3.63, 3.8) is 0 Å². The second-order valence-electron chi connectivity index (χ2n) is 5.57. The first-order valence-electron chi connectivity index (χ1n) is 7.04. The van der Waals surface area contributed by atoms with E-state index in [2.05, 4.69) is 22.2 Å². The van der Waals surface area contributed by atoms with E-state index < -0.39 is 11.6 Å². The number of rotatable bonds is 3. The van der Waals surface area contributed by atoms with Gasteiger partial charge in [0.2, 0.25) is 0 Å². The van der Waals surface area contributed by atoms with E-state index in [0.717, 1.165) is 26.1 Å².